The number of H-pyrrole nitrogens is 1. The van der Waals surface area contributed by atoms with Crippen LogP contribution in [-0.2, 0) is 12.1 Å². The zero-order valence-corrected chi connectivity index (χ0v) is 13.6. The number of aromatic nitrogens is 2. The number of halogens is 2. The third kappa shape index (κ3) is 2.26. The molecule has 6 nitrogen and oxygen atoms in total. The number of aliphatic hydroxyl groups is 1. The van der Waals surface area contributed by atoms with E-state index >= 15 is 0 Å². The first-order valence-electron chi connectivity index (χ1n) is 4.97. The van der Waals surface area contributed by atoms with Crippen molar-refractivity contribution in [3.63, 3.8) is 0 Å². The SMILES string of the molecule is CC1(C)c2[nH]nc(NC(O)I)c2CN1C(=O)I. The number of anilines is 1. The summed E-state index contributed by atoms with van der Waals surface area (Å²) in [5.74, 6) is 0.607. The van der Waals surface area contributed by atoms with Crippen LogP contribution in [0.25, 0.3) is 0 Å². The molecule has 0 radical (unpaired) electrons. The number of alkyl halides is 1. The minimum atomic E-state index is -0.701. The Morgan fingerprint density at radius 2 is 2.35 bits per heavy atom. The number of fused-ring (bicyclic) bond motifs is 1. The lowest BCUT2D eigenvalue weighted by atomic mass is 10.0. The van der Waals surface area contributed by atoms with E-state index < -0.39 is 9.77 Å². The van der Waals surface area contributed by atoms with Gasteiger partial charge in [-0.05, 0) is 36.4 Å². The molecule has 3 N–H and O–H groups in total. The normalized spacial score (nSPS) is 19.0. The number of hydrogen-bond acceptors (Lipinski definition) is 4. The van der Waals surface area contributed by atoms with Crippen LogP contribution in [0, 0.1) is 0 Å². The molecule has 1 amide bonds. The van der Waals surface area contributed by atoms with E-state index in [4.69, 9.17) is 0 Å². The second kappa shape index (κ2) is 4.53. The van der Waals surface area contributed by atoms with E-state index in [2.05, 4.69) is 15.5 Å². The van der Waals surface area contributed by atoms with Gasteiger partial charge in [0.1, 0.15) is 0 Å². The third-order valence-electron chi connectivity index (χ3n) is 2.94. The van der Waals surface area contributed by atoms with Gasteiger partial charge < -0.3 is 15.3 Å². The molecule has 8 heteroatoms. The van der Waals surface area contributed by atoms with Crippen molar-refractivity contribution < 1.29 is 9.90 Å². The first-order valence-corrected chi connectivity index (χ1v) is 7.30. The third-order valence-corrected chi connectivity index (χ3v) is 3.83. The summed E-state index contributed by atoms with van der Waals surface area (Å²) in [7, 11) is 0. The summed E-state index contributed by atoms with van der Waals surface area (Å²) >= 11 is 3.63. The average molecular weight is 462 g/mol. The van der Waals surface area contributed by atoms with Crippen LogP contribution >= 0.6 is 45.2 Å². The molecule has 1 aliphatic rings. The summed E-state index contributed by atoms with van der Waals surface area (Å²) in [6, 6.07) is 0. The highest BCUT2D eigenvalue weighted by molar-refractivity contribution is 14.1. The van der Waals surface area contributed by atoms with Crippen LogP contribution in [0.5, 0.6) is 0 Å². The Hall–Kier alpha value is -0.100. The number of nitrogens with zero attached hydrogens (tertiary/aromatic N) is 2. The first-order chi connectivity index (χ1) is 7.84. The van der Waals surface area contributed by atoms with Gasteiger partial charge in [0.05, 0.1) is 17.8 Å². The Morgan fingerprint density at radius 1 is 1.71 bits per heavy atom. The number of carbonyl (C=O) groups excluding carboxylic acids is 1. The molecule has 1 aromatic heterocycles. The van der Waals surface area contributed by atoms with Crippen LogP contribution in [0.15, 0.2) is 0 Å². The number of hydrogen-bond donors (Lipinski definition) is 3. The summed E-state index contributed by atoms with van der Waals surface area (Å²) < 4.78 is -0.703. The van der Waals surface area contributed by atoms with Crippen molar-refractivity contribution in [3.05, 3.63) is 11.3 Å². The van der Waals surface area contributed by atoms with Crippen molar-refractivity contribution >= 4 is 54.9 Å². The van der Waals surface area contributed by atoms with Crippen molar-refractivity contribution in [3.8, 4) is 0 Å². The summed E-state index contributed by atoms with van der Waals surface area (Å²) in [5.41, 5.74) is 1.47. The number of nitrogens with one attached hydrogen (secondary N) is 2. The Balaban J connectivity index is 2.37. The van der Waals surface area contributed by atoms with Crippen molar-refractivity contribution in [1.29, 1.82) is 0 Å². The van der Waals surface area contributed by atoms with Crippen LogP contribution in [0.3, 0.4) is 0 Å². The van der Waals surface area contributed by atoms with Gasteiger partial charge >= 0.3 is 0 Å². The van der Waals surface area contributed by atoms with Crippen molar-refractivity contribution in [2.75, 3.05) is 5.32 Å². The number of aromatic amines is 1. The Morgan fingerprint density at radius 3 is 2.88 bits per heavy atom. The maximum atomic E-state index is 11.6. The fourth-order valence-corrected chi connectivity index (χ4v) is 3.10. The quantitative estimate of drug-likeness (QED) is 0.207. The van der Waals surface area contributed by atoms with E-state index in [-0.39, 0.29) is 3.91 Å². The molecule has 94 valence electrons. The molecule has 1 aromatic rings. The van der Waals surface area contributed by atoms with Gasteiger partial charge in [-0.1, -0.05) is 0 Å². The molecule has 0 aromatic carbocycles. The predicted octanol–water partition coefficient (Wildman–Crippen LogP) is 2.14. The molecule has 1 atom stereocenters. The van der Waals surface area contributed by atoms with E-state index in [1.165, 1.54) is 0 Å². The van der Waals surface area contributed by atoms with Crippen LogP contribution in [0.1, 0.15) is 25.1 Å². The Labute approximate surface area is 126 Å². The van der Waals surface area contributed by atoms with Crippen molar-refractivity contribution in [1.82, 2.24) is 15.1 Å². The molecule has 0 spiro atoms. The van der Waals surface area contributed by atoms with Crippen LogP contribution < -0.4 is 5.32 Å². The Kier molecular flexibility index (Phi) is 3.56. The standard InChI is InChI=1S/C9H12I2N4O2/c1-9(2)5-4(3-15(9)8(11)17)6(14-13-5)12-7(10)16/h7,16H,3H2,1-2H3,(H2,12,13,14). The highest BCUT2D eigenvalue weighted by Gasteiger charge is 2.42. The molecule has 0 saturated heterocycles. The van der Waals surface area contributed by atoms with Gasteiger partial charge in [0, 0.05) is 28.2 Å². The second-order valence-corrected chi connectivity index (χ2v) is 6.41. The van der Waals surface area contributed by atoms with Gasteiger partial charge in [-0.25, -0.2) is 0 Å². The highest BCUT2D eigenvalue weighted by Crippen LogP contribution is 2.41. The largest absolute Gasteiger partial charge is 0.365 e. The molecule has 0 bridgehead atoms. The maximum absolute atomic E-state index is 11.6. The smallest absolute Gasteiger partial charge is 0.284 e. The highest BCUT2D eigenvalue weighted by atomic mass is 127. The zero-order chi connectivity index (χ0) is 12.8. The molecule has 1 unspecified atom stereocenters. The van der Waals surface area contributed by atoms with E-state index in [1.54, 1.807) is 27.5 Å². The summed E-state index contributed by atoms with van der Waals surface area (Å²) in [6.45, 7) is 4.45. The molecular weight excluding hydrogens is 450 g/mol. The number of carbonyl (C=O) groups is 1. The van der Waals surface area contributed by atoms with Gasteiger partial charge in [-0.2, -0.15) is 5.10 Å². The summed E-state index contributed by atoms with van der Waals surface area (Å²) in [6.07, 6.45) is 0. The van der Waals surface area contributed by atoms with Crippen LogP contribution in [0.2, 0.25) is 0 Å². The van der Waals surface area contributed by atoms with E-state index in [9.17, 15) is 9.90 Å². The molecule has 0 fully saturated rings. The number of rotatable bonds is 2. The molecule has 2 rings (SSSR count). The average Bonchev–Trinajstić information content (AvgIpc) is 2.66. The van der Waals surface area contributed by atoms with Gasteiger partial charge in [-0.3, -0.25) is 9.89 Å². The lowest BCUT2D eigenvalue weighted by Crippen LogP contribution is -2.37. The fourth-order valence-electron chi connectivity index (χ4n) is 2.03. The minimum Gasteiger partial charge on any atom is -0.365 e. The molecule has 0 saturated carbocycles. The zero-order valence-electron chi connectivity index (χ0n) is 9.29. The van der Waals surface area contributed by atoms with Gasteiger partial charge in [0.15, 0.2) is 10.1 Å². The van der Waals surface area contributed by atoms with E-state index in [0.717, 1.165) is 11.3 Å². The summed E-state index contributed by atoms with van der Waals surface area (Å²) in [5, 5.41) is 19.2. The molecule has 1 aliphatic heterocycles. The molecule has 2 heterocycles. The molecular formula is C9H12I2N4O2. The molecule has 0 aliphatic carbocycles. The van der Waals surface area contributed by atoms with Gasteiger partial charge in [0.25, 0.3) is 3.91 Å². The van der Waals surface area contributed by atoms with E-state index in [0.29, 0.717) is 12.4 Å². The Bertz CT molecular complexity index is 458. The second-order valence-electron chi connectivity index (χ2n) is 4.30. The maximum Gasteiger partial charge on any atom is 0.284 e. The number of aliphatic hydroxyl groups excluding tert-OH is 1. The number of amides is 1. The van der Waals surface area contributed by atoms with Crippen molar-refractivity contribution in [2.24, 2.45) is 0 Å². The van der Waals surface area contributed by atoms with Gasteiger partial charge in [-0.15, -0.1) is 0 Å². The molecule has 17 heavy (non-hydrogen) atoms. The fraction of sp³-hybridized carbons (Fsp3) is 0.556. The monoisotopic (exact) mass is 462 g/mol. The van der Waals surface area contributed by atoms with Crippen LogP contribution in [0.4, 0.5) is 10.6 Å². The van der Waals surface area contributed by atoms with E-state index in [1.807, 2.05) is 36.4 Å². The first kappa shape index (κ1) is 13.3. The van der Waals surface area contributed by atoms with Gasteiger partial charge in [0.2, 0.25) is 0 Å². The summed E-state index contributed by atoms with van der Waals surface area (Å²) in [4.78, 5) is 13.3. The lowest BCUT2D eigenvalue weighted by Gasteiger charge is -2.29. The van der Waals surface area contributed by atoms with Crippen LogP contribution in [-0.4, -0.2) is 28.4 Å². The lowest BCUT2D eigenvalue weighted by molar-refractivity contribution is 0.168. The topological polar surface area (TPSA) is 81.2 Å². The van der Waals surface area contributed by atoms with Crippen molar-refractivity contribution in [2.45, 2.75) is 30.2 Å². The minimum absolute atomic E-state index is 0.00169. The predicted molar refractivity (Wildman–Crippen MR) is 80.2 cm³/mol.